The summed E-state index contributed by atoms with van der Waals surface area (Å²) in [4.78, 5) is 0. The van der Waals surface area contributed by atoms with Crippen LogP contribution in [0, 0.1) is 11.3 Å². The number of hydrogen-bond acceptors (Lipinski definition) is 6. The van der Waals surface area contributed by atoms with Crippen molar-refractivity contribution in [1.82, 2.24) is 0 Å². The molecule has 0 aromatic heterocycles. The van der Waals surface area contributed by atoms with E-state index in [4.69, 9.17) is 14.6 Å². The zero-order chi connectivity index (χ0) is 18.1. The van der Waals surface area contributed by atoms with Crippen LogP contribution in [0.15, 0.2) is 0 Å². The summed E-state index contributed by atoms with van der Waals surface area (Å²) in [7, 11) is 0. The Morgan fingerprint density at radius 3 is 2.12 bits per heavy atom. The van der Waals surface area contributed by atoms with Crippen molar-refractivity contribution in [3.8, 4) is 0 Å². The van der Waals surface area contributed by atoms with Crippen LogP contribution in [-0.2, 0) is 9.47 Å². The van der Waals surface area contributed by atoms with Gasteiger partial charge >= 0.3 is 0 Å². The van der Waals surface area contributed by atoms with E-state index in [0.29, 0.717) is 5.92 Å². The van der Waals surface area contributed by atoms with Gasteiger partial charge in [0.1, 0.15) is 12.2 Å². The van der Waals surface area contributed by atoms with Crippen molar-refractivity contribution >= 4 is 0 Å². The van der Waals surface area contributed by atoms with Crippen LogP contribution in [0.4, 0.5) is 0 Å². The Balaban J connectivity index is 0.00000101. The average Bonchev–Trinajstić information content (AvgIpc) is 3.19. The number of fused-ring (bicyclic) bond motifs is 3. The lowest BCUT2D eigenvalue weighted by Crippen LogP contribution is -2.45. The highest BCUT2D eigenvalue weighted by Crippen LogP contribution is 2.64. The monoisotopic (exact) mass is 362 g/mol. The first-order valence-electron chi connectivity index (χ1n) is 9.31. The number of rotatable bonds is 5. The van der Waals surface area contributed by atoms with Gasteiger partial charge in [0.15, 0.2) is 5.79 Å². The van der Waals surface area contributed by atoms with Gasteiger partial charge in [-0.05, 0) is 32.1 Å². The fourth-order valence-corrected chi connectivity index (χ4v) is 4.65. The number of aliphatic hydroxyl groups excluding tert-OH is 4. The molecule has 1 aliphatic heterocycles. The molecule has 150 valence electrons. The molecule has 3 aliphatic rings. The van der Waals surface area contributed by atoms with Crippen LogP contribution in [0.25, 0.3) is 0 Å². The predicted molar refractivity (Wildman–Crippen MR) is 96.0 cm³/mol. The Kier molecular flexibility index (Phi) is 7.87. The van der Waals surface area contributed by atoms with Gasteiger partial charge < -0.3 is 29.9 Å². The van der Waals surface area contributed by atoms with Crippen LogP contribution in [0.5, 0.6) is 0 Å². The SMILES string of the molecule is C.CC.C[C@H](O)C1O[C@]2(CC3CC[C@]2(C)C3)OC1C(O)C[C@@H](O)CO. The van der Waals surface area contributed by atoms with Crippen molar-refractivity contribution in [3.63, 3.8) is 0 Å². The highest BCUT2D eigenvalue weighted by molar-refractivity contribution is 5.09. The summed E-state index contributed by atoms with van der Waals surface area (Å²) in [5, 5.41) is 38.9. The van der Waals surface area contributed by atoms with E-state index >= 15 is 0 Å². The zero-order valence-corrected chi connectivity index (χ0v) is 15.3. The van der Waals surface area contributed by atoms with Crippen molar-refractivity contribution in [3.05, 3.63) is 0 Å². The first kappa shape index (κ1) is 22.8. The molecule has 6 nitrogen and oxygen atoms in total. The lowest BCUT2D eigenvalue weighted by molar-refractivity contribution is -0.247. The van der Waals surface area contributed by atoms with Gasteiger partial charge in [-0.15, -0.1) is 0 Å². The Hall–Kier alpha value is -0.240. The Labute approximate surface area is 152 Å². The predicted octanol–water partition coefficient (Wildman–Crippen LogP) is 1.82. The van der Waals surface area contributed by atoms with Crippen molar-refractivity contribution in [2.24, 2.45) is 11.3 Å². The van der Waals surface area contributed by atoms with Gasteiger partial charge in [0.25, 0.3) is 0 Å². The second kappa shape index (κ2) is 8.63. The molecule has 4 N–H and O–H groups in total. The molecule has 1 spiro atoms. The molecule has 0 amide bonds. The largest absolute Gasteiger partial charge is 0.394 e. The molecule has 2 saturated carbocycles. The molecule has 0 radical (unpaired) electrons. The molecule has 6 heteroatoms. The maximum absolute atomic E-state index is 10.4. The molecule has 3 rings (SSSR count). The van der Waals surface area contributed by atoms with Crippen molar-refractivity contribution < 1.29 is 29.9 Å². The number of aliphatic hydroxyl groups is 4. The van der Waals surface area contributed by atoms with E-state index in [9.17, 15) is 15.3 Å². The maximum atomic E-state index is 10.4. The summed E-state index contributed by atoms with van der Waals surface area (Å²) >= 11 is 0. The van der Waals surface area contributed by atoms with E-state index in [0.717, 1.165) is 19.3 Å². The summed E-state index contributed by atoms with van der Waals surface area (Å²) in [6.07, 6.45) is 0.0311. The van der Waals surface area contributed by atoms with E-state index in [2.05, 4.69) is 6.92 Å². The normalized spacial score (nSPS) is 42.5. The minimum Gasteiger partial charge on any atom is -0.394 e. The van der Waals surface area contributed by atoms with Crippen LogP contribution in [0.2, 0.25) is 0 Å². The highest BCUT2D eigenvalue weighted by Gasteiger charge is 2.67. The summed E-state index contributed by atoms with van der Waals surface area (Å²) in [6, 6.07) is 0. The third kappa shape index (κ3) is 4.04. The van der Waals surface area contributed by atoms with E-state index < -0.39 is 42.9 Å². The van der Waals surface area contributed by atoms with Gasteiger partial charge in [-0.3, -0.25) is 0 Å². The summed E-state index contributed by atoms with van der Waals surface area (Å²) < 4.78 is 12.4. The molecule has 25 heavy (non-hydrogen) atoms. The molecular formula is C19H38O6. The van der Waals surface area contributed by atoms with Gasteiger partial charge in [-0.2, -0.15) is 0 Å². The standard InChI is InChI=1S/C16H28O6.C2H6.CH4/c1-9(18)13-14(12(20)5-11(19)8-17)22-16(21-13)7-10-3-4-15(16,2)6-10;1-2;/h9-14,17-20H,3-8H2,1-2H3;1-2H3;1H4/t9-,10?,11+,12?,13?,14?,15+,16+;;/m0../s1. The smallest absolute Gasteiger partial charge is 0.175 e. The minimum absolute atomic E-state index is 0. The van der Waals surface area contributed by atoms with E-state index in [-0.39, 0.29) is 19.3 Å². The molecule has 2 bridgehead atoms. The van der Waals surface area contributed by atoms with E-state index in [1.165, 1.54) is 6.42 Å². The van der Waals surface area contributed by atoms with Crippen LogP contribution >= 0.6 is 0 Å². The van der Waals surface area contributed by atoms with E-state index in [1.54, 1.807) is 6.92 Å². The Morgan fingerprint density at radius 2 is 1.68 bits per heavy atom. The van der Waals surface area contributed by atoms with Crippen molar-refractivity contribution in [2.45, 2.75) is 104 Å². The molecule has 0 aromatic rings. The van der Waals surface area contributed by atoms with Gasteiger partial charge in [-0.25, -0.2) is 0 Å². The summed E-state index contributed by atoms with van der Waals surface area (Å²) in [6.45, 7) is 7.39. The zero-order valence-electron chi connectivity index (χ0n) is 15.3. The van der Waals surface area contributed by atoms with Gasteiger partial charge in [0.05, 0.1) is 24.9 Å². The van der Waals surface area contributed by atoms with Gasteiger partial charge in [-0.1, -0.05) is 28.2 Å². The molecule has 3 fully saturated rings. The first-order valence-corrected chi connectivity index (χ1v) is 9.31. The topological polar surface area (TPSA) is 99.4 Å². The first-order chi connectivity index (χ1) is 11.3. The summed E-state index contributed by atoms with van der Waals surface area (Å²) in [5.74, 6) is -0.147. The van der Waals surface area contributed by atoms with Crippen LogP contribution in [0.1, 0.15) is 67.2 Å². The third-order valence-electron chi connectivity index (χ3n) is 5.88. The molecule has 8 atom stereocenters. The number of hydrogen-bond donors (Lipinski definition) is 4. The van der Waals surface area contributed by atoms with Crippen molar-refractivity contribution in [2.75, 3.05) is 6.61 Å². The molecule has 2 aliphatic carbocycles. The van der Waals surface area contributed by atoms with E-state index in [1.807, 2.05) is 13.8 Å². The second-order valence-electron chi connectivity index (χ2n) is 7.67. The Bertz CT molecular complexity index is 417. The number of ether oxygens (including phenoxy) is 2. The molecule has 1 saturated heterocycles. The fraction of sp³-hybridized carbons (Fsp3) is 1.00. The fourth-order valence-electron chi connectivity index (χ4n) is 4.65. The highest BCUT2D eigenvalue weighted by atomic mass is 16.8. The minimum atomic E-state index is -1.000. The quantitative estimate of drug-likeness (QED) is 0.595. The lowest BCUT2D eigenvalue weighted by atomic mass is 9.80. The maximum Gasteiger partial charge on any atom is 0.175 e. The van der Waals surface area contributed by atoms with Gasteiger partial charge in [0, 0.05) is 18.3 Å². The Morgan fingerprint density at radius 1 is 1.08 bits per heavy atom. The summed E-state index contributed by atoms with van der Waals surface area (Å²) in [5.41, 5.74) is -0.0745. The lowest BCUT2D eigenvalue weighted by Gasteiger charge is -2.40. The van der Waals surface area contributed by atoms with Crippen LogP contribution in [0.3, 0.4) is 0 Å². The molecule has 1 heterocycles. The van der Waals surface area contributed by atoms with Crippen molar-refractivity contribution in [1.29, 1.82) is 0 Å². The second-order valence-corrected chi connectivity index (χ2v) is 7.67. The molecular weight excluding hydrogens is 324 g/mol. The molecule has 0 aromatic carbocycles. The average molecular weight is 363 g/mol. The van der Waals surface area contributed by atoms with Gasteiger partial charge in [0.2, 0.25) is 0 Å². The third-order valence-corrected chi connectivity index (χ3v) is 5.88. The van der Waals surface area contributed by atoms with Crippen LogP contribution < -0.4 is 0 Å². The van der Waals surface area contributed by atoms with Crippen LogP contribution in [-0.4, -0.2) is 63.3 Å². The molecule has 4 unspecified atom stereocenters.